The number of aromatic nitrogens is 1. The molecular formula is C30H30ClN5O4. The first kappa shape index (κ1) is 28.5. The Hall–Kier alpha value is -4.50. The molecule has 0 saturated carbocycles. The van der Waals surface area contributed by atoms with Crippen LogP contribution in [-0.4, -0.2) is 53.2 Å². The molecule has 1 aliphatic heterocycles. The minimum Gasteiger partial charge on any atom is -0.466 e. The summed E-state index contributed by atoms with van der Waals surface area (Å²) >= 11 is 6.14. The Labute approximate surface area is 237 Å². The first-order valence-electron chi connectivity index (χ1n) is 12.9. The van der Waals surface area contributed by atoms with Crippen LogP contribution < -0.4 is 10.6 Å². The lowest BCUT2D eigenvalue weighted by Gasteiger charge is -2.32. The van der Waals surface area contributed by atoms with Crippen LogP contribution in [0, 0.1) is 11.3 Å². The maximum atomic E-state index is 13.0. The second kappa shape index (κ2) is 13.0. The standard InChI is InChI=1S/C30H30ClN5O4/c1-3-19-5-12-26(33-18-19)35-29(38)24-17-23(31)10-11-25(24)34-28(37)21-8-6-20(7-9-21)27(32)36-15-13-22(14-16-36)30(39)40-4-2/h3,5-12,17-18,22,32H,1,4,13-16H2,2H3,(H,34,37)(H,33,35,38). The van der Waals surface area contributed by atoms with Crippen molar-refractivity contribution < 1.29 is 19.1 Å². The first-order valence-corrected chi connectivity index (χ1v) is 13.3. The molecular weight excluding hydrogens is 530 g/mol. The summed E-state index contributed by atoms with van der Waals surface area (Å²) in [6.45, 7) is 7.00. The van der Waals surface area contributed by atoms with Crippen LogP contribution in [0.2, 0.25) is 5.02 Å². The van der Waals surface area contributed by atoms with Crippen molar-refractivity contribution in [2.45, 2.75) is 19.8 Å². The molecule has 1 aromatic heterocycles. The monoisotopic (exact) mass is 559 g/mol. The predicted octanol–water partition coefficient (Wildman–Crippen LogP) is 5.48. The number of esters is 1. The zero-order valence-corrected chi connectivity index (χ0v) is 22.8. The summed E-state index contributed by atoms with van der Waals surface area (Å²) in [5.41, 5.74) is 2.30. The van der Waals surface area contributed by atoms with Gasteiger partial charge in [0.1, 0.15) is 11.7 Å². The maximum Gasteiger partial charge on any atom is 0.309 e. The van der Waals surface area contributed by atoms with E-state index in [1.165, 1.54) is 6.07 Å². The Bertz CT molecular complexity index is 1420. The third kappa shape index (κ3) is 6.92. The van der Waals surface area contributed by atoms with Gasteiger partial charge in [0.15, 0.2) is 0 Å². The van der Waals surface area contributed by atoms with E-state index < -0.39 is 11.8 Å². The fourth-order valence-electron chi connectivity index (χ4n) is 4.35. The maximum absolute atomic E-state index is 13.0. The van der Waals surface area contributed by atoms with Crippen molar-refractivity contribution in [1.29, 1.82) is 5.41 Å². The molecule has 1 aliphatic rings. The molecule has 9 nitrogen and oxygen atoms in total. The molecule has 3 N–H and O–H groups in total. The number of likely N-dealkylation sites (tertiary alicyclic amines) is 1. The van der Waals surface area contributed by atoms with E-state index in [2.05, 4.69) is 22.2 Å². The van der Waals surface area contributed by atoms with Crippen molar-refractivity contribution >= 4 is 52.8 Å². The molecule has 0 spiro atoms. The predicted molar refractivity (Wildman–Crippen MR) is 156 cm³/mol. The van der Waals surface area contributed by atoms with Crippen LogP contribution in [0.1, 0.15) is 51.6 Å². The van der Waals surface area contributed by atoms with E-state index in [0.29, 0.717) is 60.3 Å². The summed E-state index contributed by atoms with van der Waals surface area (Å²) in [6, 6.07) is 14.7. The minimum absolute atomic E-state index is 0.135. The van der Waals surface area contributed by atoms with Crippen molar-refractivity contribution in [3.63, 3.8) is 0 Å². The number of carbonyl (C=O) groups excluding carboxylic acids is 3. The van der Waals surface area contributed by atoms with Gasteiger partial charge in [-0.2, -0.15) is 0 Å². The third-order valence-electron chi connectivity index (χ3n) is 6.59. The molecule has 0 bridgehead atoms. The highest BCUT2D eigenvalue weighted by atomic mass is 35.5. The molecule has 4 rings (SSSR count). The number of hydrogen-bond acceptors (Lipinski definition) is 6. The Morgan fingerprint density at radius 3 is 2.38 bits per heavy atom. The van der Waals surface area contributed by atoms with Crippen LogP contribution in [0.25, 0.3) is 6.08 Å². The van der Waals surface area contributed by atoms with Crippen LogP contribution in [0.5, 0.6) is 0 Å². The van der Waals surface area contributed by atoms with Gasteiger partial charge in [-0.05, 0) is 67.8 Å². The normalized spacial score (nSPS) is 13.3. The van der Waals surface area contributed by atoms with E-state index in [1.54, 1.807) is 67.7 Å². The summed E-state index contributed by atoms with van der Waals surface area (Å²) in [7, 11) is 0. The van der Waals surface area contributed by atoms with E-state index in [1.807, 2.05) is 4.90 Å². The van der Waals surface area contributed by atoms with Crippen LogP contribution in [-0.2, 0) is 9.53 Å². The number of rotatable bonds is 8. The Balaban J connectivity index is 1.40. The van der Waals surface area contributed by atoms with Crippen LogP contribution in [0.3, 0.4) is 0 Å². The zero-order chi connectivity index (χ0) is 28.6. The van der Waals surface area contributed by atoms with Crippen LogP contribution in [0.15, 0.2) is 67.4 Å². The van der Waals surface area contributed by atoms with Gasteiger partial charge in [0, 0.05) is 35.4 Å². The lowest BCUT2D eigenvalue weighted by Crippen LogP contribution is -2.40. The molecule has 2 amide bonds. The van der Waals surface area contributed by atoms with E-state index in [0.717, 1.165) is 5.56 Å². The molecule has 206 valence electrons. The molecule has 1 saturated heterocycles. The van der Waals surface area contributed by atoms with Gasteiger partial charge in [0.05, 0.1) is 23.8 Å². The zero-order valence-electron chi connectivity index (χ0n) is 22.1. The summed E-state index contributed by atoms with van der Waals surface area (Å²) < 4.78 is 5.12. The van der Waals surface area contributed by atoms with Gasteiger partial charge < -0.3 is 20.3 Å². The Morgan fingerprint density at radius 2 is 1.75 bits per heavy atom. The fraction of sp³-hybridized carbons (Fsp3) is 0.233. The Morgan fingerprint density at radius 1 is 1.05 bits per heavy atom. The highest BCUT2D eigenvalue weighted by Gasteiger charge is 2.27. The number of pyridine rings is 1. The quantitative estimate of drug-likeness (QED) is 0.191. The molecule has 0 aliphatic carbocycles. The van der Waals surface area contributed by atoms with Crippen LogP contribution >= 0.6 is 11.6 Å². The molecule has 2 aromatic carbocycles. The summed E-state index contributed by atoms with van der Waals surface area (Å²) in [5, 5.41) is 14.4. The van der Waals surface area contributed by atoms with Gasteiger partial charge >= 0.3 is 5.97 Å². The molecule has 2 heterocycles. The number of carbonyl (C=O) groups is 3. The second-order valence-electron chi connectivity index (χ2n) is 9.22. The van der Waals surface area contributed by atoms with E-state index in [-0.39, 0.29) is 23.1 Å². The largest absolute Gasteiger partial charge is 0.466 e. The number of halogens is 1. The summed E-state index contributed by atoms with van der Waals surface area (Å²) in [5.74, 6) is -0.532. The lowest BCUT2D eigenvalue weighted by molar-refractivity contribution is -0.149. The molecule has 0 unspecified atom stereocenters. The molecule has 10 heteroatoms. The van der Waals surface area contributed by atoms with Gasteiger partial charge in [-0.15, -0.1) is 0 Å². The number of amides is 2. The van der Waals surface area contributed by atoms with Gasteiger partial charge in [0.2, 0.25) is 0 Å². The number of piperidine rings is 1. The fourth-order valence-corrected chi connectivity index (χ4v) is 4.52. The molecule has 0 atom stereocenters. The van der Waals surface area contributed by atoms with Crippen molar-refractivity contribution in [1.82, 2.24) is 9.88 Å². The van der Waals surface area contributed by atoms with Crippen molar-refractivity contribution in [2.75, 3.05) is 30.3 Å². The number of amidine groups is 1. The SMILES string of the molecule is C=Cc1ccc(NC(=O)c2cc(Cl)ccc2NC(=O)c2ccc(C(=N)N3CCC(C(=O)OCC)CC3)cc2)nc1. The molecule has 40 heavy (non-hydrogen) atoms. The topological polar surface area (TPSA) is 124 Å². The summed E-state index contributed by atoms with van der Waals surface area (Å²) in [4.78, 5) is 44.1. The van der Waals surface area contributed by atoms with Crippen LogP contribution in [0.4, 0.5) is 11.5 Å². The number of nitrogens with zero attached hydrogens (tertiary/aromatic N) is 2. The van der Waals surface area contributed by atoms with E-state index >= 15 is 0 Å². The molecule has 3 aromatic rings. The smallest absolute Gasteiger partial charge is 0.309 e. The number of hydrogen-bond donors (Lipinski definition) is 3. The average molecular weight is 560 g/mol. The van der Waals surface area contributed by atoms with Gasteiger partial charge in [0.25, 0.3) is 11.8 Å². The van der Waals surface area contributed by atoms with Gasteiger partial charge in [-0.1, -0.05) is 36.4 Å². The third-order valence-corrected chi connectivity index (χ3v) is 6.82. The van der Waals surface area contributed by atoms with E-state index in [4.69, 9.17) is 21.7 Å². The average Bonchev–Trinajstić information content (AvgIpc) is 2.98. The first-order chi connectivity index (χ1) is 19.3. The number of ether oxygens (including phenoxy) is 1. The highest BCUT2D eigenvalue weighted by Crippen LogP contribution is 2.24. The highest BCUT2D eigenvalue weighted by molar-refractivity contribution is 6.31. The number of anilines is 2. The number of benzene rings is 2. The second-order valence-corrected chi connectivity index (χ2v) is 9.65. The van der Waals surface area contributed by atoms with Crippen molar-refractivity contribution in [2.24, 2.45) is 5.92 Å². The number of nitrogens with one attached hydrogen (secondary N) is 3. The minimum atomic E-state index is -0.479. The lowest BCUT2D eigenvalue weighted by atomic mass is 9.96. The molecule has 1 fully saturated rings. The van der Waals surface area contributed by atoms with E-state index in [9.17, 15) is 14.4 Å². The summed E-state index contributed by atoms with van der Waals surface area (Å²) in [6.07, 6.45) is 4.50. The Kier molecular flexibility index (Phi) is 9.29. The van der Waals surface area contributed by atoms with Gasteiger partial charge in [-0.3, -0.25) is 19.8 Å². The molecule has 0 radical (unpaired) electrons. The van der Waals surface area contributed by atoms with Crippen molar-refractivity contribution in [3.8, 4) is 0 Å². The van der Waals surface area contributed by atoms with Gasteiger partial charge in [-0.25, -0.2) is 4.98 Å². The van der Waals surface area contributed by atoms with Crippen molar-refractivity contribution in [3.05, 3.63) is 94.6 Å².